The molecule has 8 heteroatoms. The molecule has 0 radical (unpaired) electrons. The quantitative estimate of drug-likeness (QED) is 0.614. The zero-order valence-corrected chi connectivity index (χ0v) is 17.3. The van der Waals surface area contributed by atoms with Gasteiger partial charge >= 0.3 is 0 Å². The van der Waals surface area contributed by atoms with Crippen LogP contribution in [0.5, 0.6) is 0 Å². The molecular formula is C22H20N2O5S. The molecule has 3 rings (SSSR count). The molecule has 3 aromatic rings. The molecule has 0 aliphatic carbocycles. The number of hydrogen-bond acceptors (Lipinski definition) is 5. The number of anilines is 1. The molecule has 1 N–H and O–H groups in total. The molecule has 154 valence electrons. The Morgan fingerprint density at radius 3 is 2.60 bits per heavy atom. The van der Waals surface area contributed by atoms with Gasteiger partial charge in [0.15, 0.2) is 15.6 Å². The predicted molar refractivity (Wildman–Crippen MR) is 115 cm³/mol. The average molecular weight is 424 g/mol. The van der Waals surface area contributed by atoms with E-state index in [4.69, 9.17) is 10.8 Å². The number of nitrogens with one attached hydrogen (secondary N) is 1. The standard InChI is InChI=1S/C22H20N2O5S/c1-4-15-8-7-9-16(12-15)23-20(25)13-24(2)22(26)21-18(14-30(3,27)28)17-10-5-6-11-19(17)29-21/h1,5-12H,13-14H2,2-3H3,(H,23,25). The van der Waals surface area contributed by atoms with Gasteiger partial charge in [0, 0.05) is 35.5 Å². The van der Waals surface area contributed by atoms with Crippen LogP contribution >= 0.6 is 0 Å². The van der Waals surface area contributed by atoms with Gasteiger partial charge in [-0.1, -0.05) is 30.2 Å². The molecule has 0 unspecified atom stereocenters. The van der Waals surface area contributed by atoms with Crippen molar-refractivity contribution >= 4 is 38.3 Å². The number of benzene rings is 2. The van der Waals surface area contributed by atoms with Gasteiger partial charge in [-0.25, -0.2) is 8.42 Å². The van der Waals surface area contributed by atoms with Gasteiger partial charge in [-0.2, -0.15) is 0 Å². The fourth-order valence-electron chi connectivity index (χ4n) is 3.02. The second-order valence-electron chi connectivity index (χ2n) is 6.91. The van der Waals surface area contributed by atoms with Gasteiger partial charge in [-0.3, -0.25) is 9.59 Å². The maximum absolute atomic E-state index is 12.9. The highest BCUT2D eigenvalue weighted by Gasteiger charge is 2.26. The van der Waals surface area contributed by atoms with Crippen molar-refractivity contribution in [1.29, 1.82) is 0 Å². The van der Waals surface area contributed by atoms with Gasteiger partial charge in [-0.15, -0.1) is 6.42 Å². The number of furan rings is 1. The molecule has 0 saturated carbocycles. The monoisotopic (exact) mass is 424 g/mol. The summed E-state index contributed by atoms with van der Waals surface area (Å²) in [7, 11) is -1.98. The fraction of sp³-hybridized carbons (Fsp3) is 0.182. The van der Waals surface area contributed by atoms with Gasteiger partial charge < -0.3 is 14.6 Å². The summed E-state index contributed by atoms with van der Waals surface area (Å²) < 4.78 is 29.4. The van der Waals surface area contributed by atoms with Crippen LogP contribution in [-0.2, 0) is 20.4 Å². The van der Waals surface area contributed by atoms with Crippen LogP contribution in [0.2, 0.25) is 0 Å². The lowest BCUT2D eigenvalue weighted by atomic mass is 10.1. The van der Waals surface area contributed by atoms with Crippen LogP contribution in [0.4, 0.5) is 5.69 Å². The summed E-state index contributed by atoms with van der Waals surface area (Å²) in [6, 6.07) is 13.6. The average Bonchev–Trinajstić information content (AvgIpc) is 3.04. The number of sulfone groups is 1. The topological polar surface area (TPSA) is 96.7 Å². The van der Waals surface area contributed by atoms with Crippen molar-refractivity contribution in [2.24, 2.45) is 0 Å². The molecule has 0 spiro atoms. The smallest absolute Gasteiger partial charge is 0.290 e. The van der Waals surface area contributed by atoms with E-state index in [0.717, 1.165) is 6.26 Å². The lowest BCUT2D eigenvalue weighted by Gasteiger charge is -2.16. The van der Waals surface area contributed by atoms with E-state index in [1.54, 1.807) is 48.5 Å². The van der Waals surface area contributed by atoms with E-state index < -0.39 is 21.7 Å². The minimum atomic E-state index is -3.42. The van der Waals surface area contributed by atoms with Crippen LogP contribution in [0.15, 0.2) is 52.9 Å². The normalized spacial score (nSPS) is 11.1. The van der Waals surface area contributed by atoms with Crippen LogP contribution in [0.25, 0.3) is 11.0 Å². The lowest BCUT2D eigenvalue weighted by molar-refractivity contribution is -0.116. The number of amides is 2. The van der Waals surface area contributed by atoms with Crippen molar-refractivity contribution in [2.75, 3.05) is 25.2 Å². The first-order valence-electron chi connectivity index (χ1n) is 8.98. The Labute approximate surface area is 174 Å². The van der Waals surface area contributed by atoms with Crippen molar-refractivity contribution < 1.29 is 22.4 Å². The summed E-state index contributed by atoms with van der Waals surface area (Å²) in [5.74, 6) is 1.03. The molecule has 0 saturated heterocycles. The minimum Gasteiger partial charge on any atom is -0.451 e. The third kappa shape index (κ3) is 4.88. The number of hydrogen-bond donors (Lipinski definition) is 1. The summed E-state index contributed by atoms with van der Waals surface area (Å²) in [5, 5.41) is 3.23. The van der Waals surface area contributed by atoms with E-state index in [0.29, 0.717) is 22.2 Å². The van der Waals surface area contributed by atoms with Crippen LogP contribution in [0.1, 0.15) is 21.7 Å². The van der Waals surface area contributed by atoms with Crippen molar-refractivity contribution in [2.45, 2.75) is 5.75 Å². The van der Waals surface area contributed by atoms with E-state index in [1.165, 1.54) is 11.9 Å². The number of likely N-dealkylation sites (N-methyl/N-ethyl adjacent to an activating group) is 1. The molecule has 0 aliphatic rings. The third-order valence-corrected chi connectivity index (χ3v) is 5.15. The van der Waals surface area contributed by atoms with E-state index in [1.807, 2.05) is 0 Å². The van der Waals surface area contributed by atoms with Gasteiger partial charge in [0.05, 0.1) is 12.3 Å². The molecule has 0 atom stereocenters. The summed E-state index contributed by atoms with van der Waals surface area (Å²) in [6.45, 7) is -0.255. The van der Waals surface area contributed by atoms with E-state index in [9.17, 15) is 18.0 Å². The predicted octanol–water partition coefficient (Wildman–Crippen LogP) is 2.67. The molecule has 0 fully saturated rings. The van der Waals surface area contributed by atoms with Crippen molar-refractivity contribution in [3.8, 4) is 12.3 Å². The first-order valence-corrected chi connectivity index (χ1v) is 11.0. The fourth-order valence-corrected chi connectivity index (χ4v) is 3.84. The van der Waals surface area contributed by atoms with Gasteiger partial charge in [0.25, 0.3) is 5.91 Å². The second kappa shape index (κ2) is 8.43. The SMILES string of the molecule is C#Cc1cccc(NC(=O)CN(C)C(=O)c2oc3ccccc3c2CS(C)(=O)=O)c1. The van der Waals surface area contributed by atoms with E-state index >= 15 is 0 Å². The first-order chi connectivity index (χ1) is 14.2. The Morgan fingerprint density at radius 2 is 1.90 bits per heavy atom. The summed E-state index contributed by atoms with van der Waals surface area (Å²) in [4.78, 5) is 26.5. The summed E-state index contributed by atoms with van der Waals surface area (Å²) in [5.41, 5.74) is 1.82. The van der Waals surface area contributed by atoms with Crippen LogP contribution in [-0.4, -0.2) is 45.0 Å². The zero-order valence-electron chi connectivity index (χ0n) is 16.5. The number of para-hydroxylation sites is 1. The van der Waals surface area contributed by atoms with Crippen LogP contribution in [0.3, 0.4) is 0 Å². The maximum Gasteiger partial charge on any atom is 0.290 e. The summed E-state index contributed by atoms with van der Waals surface area (Å²) >= 11 is 0. The Balaban J connectivity index is 1.82. The van der Waals surface area contributed by atoms with E-state index in [2.05, 4.69) is 11.2 Å². The van der Waals surface area contributed by atoms with Gasteiger partial charge in [0.1, 0.15) is 5.58 Å². The molecule has 1 aromatic heterocycles. The molecule has 2 amide bonds. The molecule has 1 heterocycles. The first kappa shape index (κ1) is 21.1. The molecule has 7 nitrogen and oxygen atoms in total. The van der Waals surface area contributed by atoms with E-state index in [-0.39, 0.29) is 23.6 Å². The number of terminal acetylenes is 1. The Hall–Kier alpha value is -3.57. The largest absolute Gasteiger partial charge is 0.451 e. The van der Waals surface area contributed by atoms with Gasteiger partial charge in [0.2, 0.25) is 5.91 Å². The molecule has 30 heavy (non-hydrogen) atoms. The van der Waals surface area contributed by atoms with Crippen molar-refractivity contribution in [3.63, 3.8) is 0 Å². The molecular weight excluding hydrogens is 404 g/mol. The molecule has 0 bridgehead atoms. The van der Waals surface area contributed by atoms with Crippen molar-refractivity contribution in [3.05, 3.63) is 65.4 Å². The number of fused-ring (bicyclic) bond motifs is 1. The highest BCUT2D eigenvalue weighted by molar-refractivity contribution is 7.89. The summed E-state index contributed by atoms with van der Waals surface area (Å²) in [6.07, 6.45) is 6.44. The number of carbonyl (C=O) groups excluding carboxylic acids is 2. The lowest BCUT2D eigenvalue weighted by Crippen LogP contribution is -2.35. The highest BCUT2D eigenvalue weighted by atomic mass is 32.2. The third-order valence-electron chi connectivity index (χ3n) is 4.34. The Morgan fingerprint density at radius 1 is 1.17 bits per heavy atom. The molecule has 2 aromatic carbocycles. The number of rotatable bonds is 6. The Bertz CT molecular complexity index is 1270. The second-order valence-corrected chi connectivity index (χ2v) is 9.05. The number of carbonyl (C=O) groups is 2. The molecule has 0 aliphatic heterocycles. The number of nitrogens with zero attached hydrogens (tertiary/aromatic N) is 1. The zero-order chi connectivity index (χ0) is 21.9. The highest BCUT2D eigenvalue weighted by Crippen LogP contribution is 2.28. The van der Waals surface area contributed by atoms with Crippen LogP contribution in [0, 0.1) is 12.3 Å². The van der Waals surface area contributed by atoms with Crippen molar-refractivity contribution in [1.82, 2.24) is 4.90 Å². The maximum atomic E-state index is 12.9. The Kier molecular flexibility index (Phi) is 5.94. The van der Waals surface area contributed by atoms with Gasteiger partial charge in [-0.05, 0) is 24.3 Å². The minimum absolute atomic E-state index is 0.0914. The van der Waals surface area contributed by atoms with Crippen LogP contribution < -0.4 is 5.32 Å².